The van der Waals surface area contributed by atoms with Crippen molar-refractivity contribution in [2.45, 2.75) is 13.3 Å². The van der Waals surface area contributed by atoms with Gasteiger partial charge >= 0.3 is 0 Å². The quantitative estimate of drug-likeness (QED) is 0.692. The summed E-state index contributed by atoms with van der Waals surface area (Å²) in [6.07, 6.45) is 0.987. The van der Waals surface area contributed by atoms with Gasteiger partial charge in [-0.1, -0.05) is 37.3 Å². The van der Waals surface area contributed by atoms with Crippen molar-refractivity contribution >= 4 is 0 Å². The molecule has 1 rings (SSSR count). The highest BCUT2D eigenvalue weighted by atomic mass is 14.5. The molecule has 0 atom stereocenters. The fraction of sp³-hybridized carbons (Fsp3) is 0.400. The van der Waals surface area contributed by atoms with Gasteiger partial charge < -0.3 is 11.5 Å². The van der Waals surface area contributed by atoms with Crippen LogP contribution in [-0.2, 0) is 6.42 Å². The summed E-state index contributed by atoms with van der Waals surface area (Å²) in [7, 11) is 0. The first-order chi connectivity index (χ1) is 5.85. The molecular weight excluding hydrogens is 148 g/mol. The maximum Gasteiger partial charge on any atom is -0.00367 e. The average molecular weight is 166 g/mol. The van der Waals surface area contributed by atoms with E-state index in [4.69, 9.17) is 11.5 Å². The summed E-state index contributed by atoms with van der Waals surface area (Å²) >= 11 is 0. The van der Waals surface area contributed by atoms with Crippen LogP contribution in [0, 0.1) is 0 Å². The summed E-state index contributed by atoms with van der Waals surface area (Å²) in [6, 6.07) is 10.3. The van der Waals surface area contributed by atoms with E-state index in [1.54, 1.807) is 0 Å². The summed E-state index contributed by atoms with van der Waals surface area (Å²) in [5, 5.41) is 0. The maximum absolute atomic E-state index is 5.36. The monoisotopic (exact) mass is 166 g/mol. The lowest BCUT2D eigenvalue weighted by molar-refractivity contribution is 0.969. The van der Waals surface area contributed by atoms with Gasteiger partial charge in [0.25, 0.3) is 0 Å². The van der Waals surface area contributed by atoms with Gasteiger partial charge in [-0.05, 0) is 25.1 Å². The van der Waals surface area contributed by atoms with E-state index in [9.17, 15) is 0 Å². The minimum atomic E-state index is 0.740. The third kappa shape index (κ3) is 5.89. The smallest absolute Gasteiger partial charge is 0.00367 e. The van der Waals surface area contributed by atoms with Crippen LogP contribution in [0.5, 0.6) is 0 Å². The van der Waals surface area contributed by atoms with Gasteiger partial charge in [0.1, 0.15) is 0 Å². The van der Waals surface area contributed by atoms with Gasteiger partial charge in [0.15, 0.2) is 0 Å². The SMILES string of the molecule is CCN.NCCc1ccccc1. The predicted octanol–water partition coefficient (Wildman–Crippen LogP) is 1.15. The van der Waals surface area contributed by atoms with Gasteiger partial charge in [0.05, 0.1) is 0 Å². The van der Waals surface area contributed by atoms with E-state index < -0.39 is 0 Å². The highest BCUT2D eigenvalue weighted by molar-refractivity contribution is 5.14. The second-order valence-corrected chi connectivity index (χ2v) is 2.43. The zero-order valence-corrected chi connectivity index (χ0v) is 7.66. The summed E-state index contributed by atoms with van der Waals surface area (Å²) in [5.74, 6) is 0. The van der Waals surface area contributed by atoms with Gasteiger partial charge in [0.2, 0.25) is 0 Å². The Morgan fingerprint density at radius 3 is 2.00 bits per heavy atom. The zero-order valence-electron chi connectivity index (χ0n) is 7.66. The van der Waals surface area contributed by atoms with E-state index >= 15 is 0 Å². The molecule has 0 heterocycles. The van der Waals surface area contributed by atoms with Crippen LogP contribution in [0.1, 0.15) is 12.5 Å². The molecule has 1 aromatic carbocycles. The molecular formula is C10H18N2. The molecule has 2 heteroatoms. The Hall–Kier alpha value is -0.860. The van der Waals surface area contributed by atoms with Gasteiger partial charge in [-0.15, -0.1) is 0 Å². The summed E-state index contributed by atoms with van der Waals surface area (Å²) < 4.78 is 0. The van der Waals surface area contributed by atoms with Gasteiger partial charge in [0, 0.05) is 0 Å². The second-order valence-electron chi connectivity index (χ2n) is 2.43. The number of hydrogen-bond acceptors (Lipinski definition) is 2. The number of rotatable bonds is 2. The molecule has 0 aliphatic rings. The highest BCUT2D eigenvalue weighted by Crippen LogP contribution is 1.96. The number of nitrogens with two attached hydrogens (primary N) is 2. The first kappa shape index (κ1) is 11.1. The topological polar surface area (TPSA) is 52.0 Å². The minimum absolute atomic E-state index is 0.740. The van der Waals surface area contributed by atoms with Crippen molar-refractivity contribution in [3.63, 3.8) is 0 Å². The molecule has 2 nitrogen and oxygen atoms in total. The highest BCUT2D eigenvalue weighted by Gasteiger charge is 1.84. The molecule has 68 valence electrons. The summed E-state index contributed by atoms with van der Waals surface area (Å²) in [4.78, 5) is 0. The summed E-state index contributed by atoms with van der Waals surface area (Å²) in [6.45, 7) is 3.39. The van der Waals surface area contributed by atoms with Crippen molar-refractivity contribution in [2.75, 3.05) is 13.1 Å². The van der Waals surface area contributed by atoms with Crippen molar-refractivity contribution in [3.05, 3.63) is 35.9 Å². The van der Waals surface area contributed by atoms with E-state index in [1.807, 2.05) is 25.1 Å². The van der Waals surface area contributed by atoms with Crippen molar-refractivity contribution in [1.82, 2.24) is 0 Å². The van der Waals surface area contributed by atoms with Crippen LogP contribution < -0.4 is 11.5 Å². The van der Waals surface area contributed by atoms with Crippen LogP contribution in [0.25, 0.3) is 0 Å². The van der Waals surface area contributed by atoms with E-state index in [1.165, 1.54) is 5.56 Å². The third-order valence-electron chi connectivity index (χ3n) is 1.28. The Morgan fingerprint density at radius 1 is 1.08 bits per heavy atom. The largest absolute Gasteiger partial charge is 0.331 e. The molecule has 0 unspecified atom stereocenters. The molecule has 0 spiro atoms. The third-order valence-corrected chi connectivity index (χ3v) is 1.28. The Morgan fingerprint density at radius 2 is 1.58 bits per heavy atom. The molecule has 0 aliphatic carbocycles. The predicted molar refractivity (Wildman–Crippen MR) is 53.9 cm³/mol. The maximum atomic E-state index is 5.36. The molecule has 0 saturated heterocycles. The molecule has 0 amide bonds. The van der Waals surface area contributed by atoms with Gasteiger partial charge in [-0.3, -0.25) is 0 Å². The van der Waals surface area contributed by atoms with Crippen molar-refractivity contribution < 1.29 is 0 Å². The molecule has 0 fully saturated rings. The van der Waals surface area contributed by atoms with E-state index in [2.05, 4.69) is 12.1 Å². The molecule has 0 radical (unpaired) electrons. The lowest BCUT2D eigenvalue weighted by Gasteiger charge is -1.93. The Kier molecular flexibility index (Phi) is 7.65. The summed E-state index contributed by atoms with van der Waals surface area (Å²) in [5.41, 5.74) is 11.5. The molecule has 12 heavy (non-hydrogen) atoms. The second kappa shape index (κ2) is 8.24. The van der Waals surface area contributed by atoms with Gasteiger partial charge in [-0.25, -0.2) is 0 Å². The van der Waals surface area contributed by atoms with Crippen molar-refractivity contribution in [2.24, 2.45) is 11.5 Å². The zero-order chi connectivity index (χ0) is 9.23. The van der Waals surface area contributed by atoms with E-state index in [-0.39, 0.29) is 0 Å². The molecule has 0 bridgehead atoms. The van der Waals surface area contributed by atoms with Crippen LogP contribution in [-0.4, -0.2) is 13.1 Å². The Balaban J connectivity index is 0.000000354. The molecule has 0 aliphatic heterocycles. The van der Waals surface area contributed by atoms with Crippen LogP contribution in [0.3, 0.4) is 0 Å². The minimum Gasteiger partial charge on any atom is -0.331 e. The first-order valence-electron chi connectivity index (χ1n) is 4.29. The van der Waals surface area contributed by atoms with Crippen LogP contribution >= 0.6 is 0 Å². The van der Waals surface area contributed by atoms with Crippen LogP contribution in [0.15, 0.2) is 30.3 Å². The normalized spacial score (nSPS) is 8.58. The lowest BCUT2D eigenvalue weighted by Crippen LogP contribution is -2.01. The van der Waals surface area contributed by atoms with Crippen molar-refractivity contribution in [1.29, 1.82) is 0 Å². The van der Waals surface area contributed by atoms with E-state index in [0.717, 1.165) is 19.5 Å². The molecule has 0 saturated carbocycles. The standard InChI is InChI=1S/C8H11N.C2H7N/c9-7-6-8-4-2-1-3-5-8;1-2-3/h1-5H,6-7,9H2;2-3H2,1H3. The van der Waals surface area contributed by atoms with Crippen molar-refractivity contribution in [3.8, 4) is 0 Å². The Labute approximate surface area is 74.6 Å². The van der Waals surface area contributed by atoms with Crippen LogP contribution in [0.2, 0.25) is 0 Å². The van der Waals surface area contributed by atoms with E-state index in [0.29, 0.717) is 0 Å². The lowest BCUT2D eigenvalue weighted by atomic mass is 10.2. The fourth-order valence-electron chi connectivity index (χ4n) is 0.811. The average Bonchev–Trinajstić information content (AvgIpc) is 2.08. The molecule has 0 aromatic heterocycles. The number of hydrogen-bond donors (Lipinski definition) is 2. The Bertz CT molecular complexity index is 172. The molecule has 1 aromatic rings. The first-order valence-corrected chi connectivity index (χ1v) is 4.29. The fourth-order valence-corrected chi connectivity index (χ4v) is 0.811. The van der Waals surface area contributed by atoms with Crippen LogP contribution in [0.4, 0.5) is 0 Å². The molecule has 4 N–H and O–H groups in total. The number of benzene rings is 1. The van der Waals surface area contributed by atoms with Gasteiger partial charge in [-0.2, -0.15) is 0 Å².